The summed E-state index contributed by atoms with van der Waals surface area (Å²) in [6.45, 7) is -0.321. The van der Waals surface area contributed by atoms with E-state index in [0.717, 1.165) is 11.1 Å². The number of hydrogen-bond donors (Lipinski definition) is 4. The summed E-state index contributed by atoms with van der Waals surface area (Å²) in [5, 5.41) is 33.3. The summed E-state index contributed by atoms with van der Waals surface area (Å²) in [7, 11) is -4.13. The number of nitrogens with one attached hydrogen (secondary N) is 1. The maximum Gasteiger partial charge on any atom is 0.333 e. The first-order valence-electron chi connectivity index (χ1n) is 9.47. The van der Waals surface area contributed by atoms with Crippen molar-refractivity contribution in [1.29, 1.82) is 0 Å². The second-order valence-electron chi connectivity index (χ2n) is 7.36. The third kappa shape index (κ3) is 4.53. The Morgan fingerprint density at radius 3 is 2.84 bits per heavy atom. The normalized spacial score (nSPS) is 23.7. The van der Waals surface area contributed by atoms with Gasteiger partial charge in [-0.2, -0.15) is 18.0 Å². The van der Waals surface area contributed by atoms with E-state index >= 15 is 0 Å². The highest BCUT2D eigenvalue weighted by atomic mass is 32.2. The third-order valence-electron chi connectivity index (χ3n) is 5.26. The molecule has 10 nitrogen and oxygen atoms in total. The molecule has 0 saturated heterocycles. The lowest BCUT2D eigenvalue weighted by Crippen LogP contribution is -2.36. The lowest BCUT2D eigenvalue weighted by atomic mass is 10.1. The Bertz CT molecular complexity index is 1250. The Labute approximate surface area is 178 Å². The molecule has 0 spiro atoms. The molecule has 2 heterocycles. The highest BCUT2D eigenvalue weighted by molar-refractivity contribution is 7.84. The van der Waals surface area contributed by atoms with Crippen molar-refractivity contribution < 1.29 is 22.8 Å². The zero-order valence-corrected chi connectivity index (χ0v) is 17.1. The minimum absolute atomic E-state index is 0.264. The maximum atomic E-state index is 11.0. The monoisotopic (exact) mass is 443 g/mol. The van der Waals surface area contributed by atoms with Crippen LogP contribution in [-0.2, 0) is 14.5 Å². The van der Waals surface area contributed by atoms with E-state index in [9.17, 15) is 18.6 Å². The standard InChI is InChI=1S/C20H21N5O5S/c1-2-12-4-3-5-13(8-12)15-10-18-22-7-6-17(25(18)24-15)23-16-9-14(19(26)20(16)27)11-30-31(21,28)29/h1,3-8,10,14,16,19-20,23,26-27H,9,11H2,(H2,21,28,29). The van der Waals surface area contributed by atoms with Crippen molar-refractivity contribution in [2.75, 3.05) is 11.9 Å². The summed E-state index contributed by atoms with van der Waals surface area (Å²) in [5.74, 6) is 2.53. The topological polar surface area (TPSA) is 152 Å². The maximum absolute atomic E-state index is 11.0. The summed E-state index contributed by atoms with van der Waals surface area (Å²) in [6.07, 6.45) is 5.03. The van der Waals surface area contributed by atoms with Gasteiger partial charge in [0.1, 0.15) is 11.9 Å². The largest absolute Gasteiger partial charge is 0.390 e. The van der Waals surface area contributed by atoms with Crippen LogP contribution in [0.15, 0.2) is 42.6 Å². The molecule has 5 N–H and O–H groups in total. The van der Waals surface area contributed by atoms with Gasteiger partial charge in [0.2, 0.25) is 0 Å². The van der Waals surface area contributed by atoms with Gasteiger partial charge in [0, 0.05) is 29.3 Å². The Hall–Kier alpha value is -3.01. The summed E-state index contributed by atoms with van der Waals surface area (Å²) in [6, 6.07) is 10.4. The van der Waals surface area contributed by atoms with Crippen LogP contribution < -0.4 is 10.5 Å². The van der Waals surface area contributed by atoms with Crippen LogP contribution in [0.25, 0.3) is 16.9 Å². The number of terminal acetylenes is 1. The van der Waals surface area contributed by atoms with Gasteiger partial charge in [0.05, 0.1) is 24.4 Å². The number of rotatable bonds is 6. The van der Waals surface area contributed by atoms with Gasteiger partial charge in [-0.05, 0) is 24.6 Å². The highest BCUT2D eigenvalue weighted by Gasteiger charge is 2.42. The first-order chi connectivity index (χ1) is 14.7. The van der Waals surface area contributed by atoms with E-state index in [2.05, 4.69) is 25.5 Å². The van der Waals surface area contributed by atoms with Gasteiger partial charge in [0.25, 0.3) is 0 Å². The molecule has 1 fully saturated rings. The molecule has 11 heteroatoms. The van der Waals surface area contributed by atoms with Gasteiger partial charge in [0.15, 0.2) is 5.65 Å². The van der Waals surface area contributed by atoms with Gasteiger partial charge < -0.3 is 15.5 Å². The van der Waals surface area contributed by atoms with E-state index in [1.807, 2.05) is 30.3 Å². The SMILES string of the molecule is C#Cc1cccc(-c2cc3nccc(NC4CC(COS(N)(=O)=O)C(O)C4O)n3n2)c1. The molecule has 1 aliphatic carbocycles. The van der Waals surface area contributed by atoms with Gasteiger partial charge in [-0.1, -0.05) is 18.1 Å². The van der Waals surface area contributed by atoms with Crippen LogP contribution in [0.3, 0.4) is 0 Å². The smallest absolute Gasteiger partial charge is 0.333 e. The number of aromatic nitrogens is 3. The fourth-order valence-corrected chi connectivity index (χ4v) is 4.08. The molecule has 2 aromatic heterocycles. The molecule has 0 bridgehead atoms. The fourth-order valence-electron chi connectivity index (χ4n) is 3.72. The van der Waals surface area contributed by atoms with E-state index in [1.165, 1.54) is 0 Å². The van der Waals surface area contributed by atoms with Crippen LogP contribution in [0.4, 0.5) is 5.82 Å². The summed E-state index contributed by atoms with van der Waals surface area (Å²) in [5.41, 5.74) is 2.82. The van der Waals surface area contributed by atoms with Crippen LogP contribution in [0.2, 0.25) is 0 Å². The molecule has 0 amide bonds. The van der Waals surface area contributed by atoms with Crippen molar-refractivity contribution in [2.45, 2.75) is 24.7 Å². The van der Waals surface area contributed by atoms with Crippen molar-refractivity contribution in [3.63, 3.8) is 0 Å². The summed E-state index contributed by atoms with van der Waals surface area (Å²) >= 11 is 0. The number of benzene rings is 1. The molecule has 1 aliphatic rings. The number of aliphatic hydroxyl groups excluding tert-OH is 2. The second-order valence-corrected chi connectivity index (χ2v) is 8.58. The van der Waals surface area contributed by atoms with E-state index < -0.39 is 34.5 Å². The summed E-state index contributed by atoms with van der Waals surface area (Å²) < 4.78 is 28.2. The van der Waals surface area contributed by atoms with Crippen LogP contribution in [-0.4, -0.2) is 58.1 Å². The van der Waals surface area contributed by atoms with Crippen molar-refractivity contribution in [3.05, 3.63) is 48.2 Å². The average Bonchev–Trinajstić information content (AvgIpc) is 3.29. The van der Waals surface area contributed by atoms with Gasteiger partial charge >= 0.3 is 10.3 Å². The predicted octanol–water partition coefficient (Wildman–Crippen LogP) is 0.120. The molecule has 162 valence electrons. The van der Waals surface area contributed by atoms with E-state index in [-0.39, 0.29) is 13.0 Å². The quantitative estimate of drug-likeness (QED) is 0.392. The lowest BCUT2D eigenvalue weighted by molar-refractivity contribution is 0.00777. The number of nitrogens with two attached hydrogens (primary N) is 1. The van der Waals surface area contributed by atoms with E-state index in [1.54, 1.807) is 16.8 Å². The lowest BCUT2D eigenvalue weighted by Gasteiger charge is -2.19. The summed E-state index contributed by atoms with van der Waals surface area (Å²) in [4.78, 5) is 4.32. The Kier molecular flexibility index (Phi) is 5.65. The Morgan fingerprint density at radius 2 is 2.10 bits per heavy atom. The minimum atomic E-state index is -4.13. The fraction of sp³-hybridized carbons (Fsp3) is 0.300. The van der Waals surface area contributed by atoms with Gasteiger partial charge in [-0.25, -0.2) is 10.1 Å². The molecule has 4 rings (SSSR count). The molecule has 1 aromatic carbocycles. The molecule has 1 saturated carbocycles. The molecule has 4 atom stereocenters. The number of anilines is 1. The van der Waals surface area contributed by atoms with Gasteiger partial charge in [-0.3, -0.25) is 4.18 Å². The number of nitrogens with zero attached hydrogens (tertiary/aromatic N) is 3. The predicted molar refractivity (Wildman–Crippen MR) is 113 cm³/mol. The molecule has 4 unspecified atom stereocenters. The first-order valence-corrected chi connectivity index (χ1v) is 10.9. The van der Waals surface area contributed by atoms with Crippen molar-refractivity contribution >= 4 is 21.8 Å². The van der Waals surface area contributed by atoms with Crippen molar-refractivity contribution in [2.24, 2.45) is 11.1 Å². The zero-order chi connectivity index (χ0) is 22.2. The number of fused-ring (bicyclic) bond motifs is 1. The molecule has 31 heavy (non-hydrogen) atoms. The Balaban J connectivity index is 1.57. The molecule has 0 radical (unpaired) electrons. The third-order valence-corrected chi connectivity index (χ3v) is 5.73. The van der Waals surface area contributed by atoms with Crippen molar-refractivity contribution in [3.8, 4) is 23.6 Å². The first kappa shape index (κ1) is 21.2. The van der Waals surface area contributed by atoms with E-state index in [0.29, 0.717) is 17.2 Å². The second kappa shape index (κ2) is 8.26. The minimum Gasteiger partial charge on any atom is -0.390 e. The molecule has 0 aliphatic heterocycles. The van der Waals surface area contributed by atoms with Crippen molar-refractivity contribution in [1.82, 2.24) is 14.6 Å². The highest BCUT2D eigenvalue weighted by Crippen LogP contribution is 2.30. The van der Waals surface area contributed by atoms with E-state index in [4.69, 9.17) is 11.6 Å². The van der Waals surface area contributed by atoms with Crippen LogP contribution >= 0.6 is 0 Å². The molecular formula is C20H21N5O5S. The number of aliphatic hydroxyl groups is 2. The Morgan fingerprint density at radius 1 is 1.29 bits per heavy atom. The van der Waals surface area contributed by atoms with Crippen LogP contribution in [0, 0.1) is 18.3 Å². The van der Waals surface area contributed by atoms with Gasteiger partial charge in [-0.15, -0.1) is 6.42 Å². The average molecular weight is 443 g/mol. The van der Waals surface area contributed by atoms with Crippen LogP contribution in [0.1, 0.15) is 12.0 Å². The van der Waals surface area contributed by atoms with Crippen LogP contribution in [0.5, 0.6) is 0 Å². The molecule has 3 aromatic rings. The molecular weight excluding hydrogens is 422 g/mol. The number of hydrogen-bond acceptors (Lipinski definition) is 8. The zero-order valence-electron chi connectivity index (χ0n) is 16.3.